The number of rotatable bonds is 4. The molecule has 2 aromatic rings. The number of Topliss-reactive ketones (excluding diaryl/α,β-unsaturated/α-hetero) is 1. The van der Waals surface area contributed by atoms with Crippen LogP contribution in [0.3, 0.4) is 0 Å². The number of halogens is 2. The average molecular weight is 352 g/mol. The van der Waals surface area contributed by atoms with Gasteiger partial charge in [0.05, 0.1) is 16.3 Å². The molecule has 2 rings (SSSR count). The van der Waals surface area contributed by atoms with E-state index < -0.39 is 5.97 Å². The van der Waals surface area contributed by atoms with E-state index in [-0.39, 0.29) is 33.7 Å². The molecule has 2 aromatic carbocycles. The van der Waals surface area contributed by atoms with Crippen LogP contribution in [0.15, 0.2) is 30.3 Å². The van der Waals surface area contributed by atoms with Crippen molar-refractivity contribution in [1.29, 1.82) is 0 Å². The van der Waals surface area contributed by atoms with Crippen molar-refractivity contribution in [2.45, 2.75) is 13.8 Å². The molecule has 0 spiro atoms. The molecule has 120 valence electrons. The van der Waals surface area contributed by atoms with Gasteiger partial charge in [-0.15, -0.1) is 0 Å². The summed E-state index contributed by atoms with van der Waals surface area (Å²) < 4.78 is 5.03. The number of ketones is 1. The quantitative estimate of drug-likeness (QED) is 0.508. The van der Waals surface area contributed by atoms with Crippen LogP contribution in [0, 0.1) is 13.8 Å². The number of aryl methyl sites for hydroxylation is 2. The lowest BCUT2D eigenvalue weighted by atomic mass is 10.0. The van der Waals surface area contributed by atoms with E-state index in [4.69, 9.17) is 33.7 Å². The molecule has 0 amide bonds. The first kappa shape index (κ1) is 17.3. The van der Waals surface area contributed by atoms with Crippen molar-refractivity contribution in [3.63, 3.8) is 0 Å². The smallest absolute Gasteiger partial charge is 0.340 e. The van der Waals surface area contributed by atoms with Gasteiger partial charge in [-0.3, -0.25) is 4.79 Å². The molecule has 0 atom stereocenters. The lowest BCUT2D eigenvalue weighted by Crippen LogP contribution is -2.16. The van der Waals surface area contributed by atoms with E-state index in [1.807, 2.05) is 26.0 Å². The average Bonchev–Trinajstić information content (AvgIpc) is 2.48. The molecule has 0 unspecified atom stereocenters. The van der Waals surface area contributed by atoms with E-state index in [0.29, 0.717) is 5.56 Å². The minimum atomic E-state index is -0.745. The number of hydrogen-bond acceptors (Lipinski definition) is 4. The molecular formula is C17H15Cl2NO3. The van der Waals surface area contributed by atoms with Crippen LogP contribution in [0.5, 0.6) is 0 Å². The Morgan fingerprint density at radius 1 is 1.09 bits per heavy atom. The third kappa shape index (κ3) is 4.03. The van der Waals surface area contributed by atoms with Crippen LogP contribution < -0.4 is 5.73 Å². The second-order valence-electron chi connectivity index (χ2n) is 5.17. The molecule has 0 radical (unpaired) electrons. The highest BCUT2D eigenvalue weighted by Crippen LogP contribution is 2.28. The van der Waals surface area contributed by atoms with Crippen LogP contribution in [0.4, 0.5) is 5.69 Å². The molecule has 23 heavy (non-hydrogen) atoms. The van der Waals surface area contributed by atoms with Gasteiger partial charge in [0.2, 0.25) is 5.78 Å². The molecule has 0 saturated heterocycles. The van der Waals surface area contributed by atoms with Gasteiger partial charge in [0.1, 0.15) is 0 Å². The lowest BCUT2D eigenvalue weighted by molar-refractivity contribution is 0.0475. The number of anilines is 1. The van der Waals surface area contributed by atoms with Crippen molar-refractivity contribution in [3.8, 4) is 0 Å². The molecule has 0 aromatic heterocycles. The molecule has 0 bridgehead atoms. The summed E-state index contributed by atoms with van der Waals surface area (Å²) >= 11 is 11.7. The molecule has 4 nitrogen and oxygen atoms in total. The fourth-order valence-electron chi connectivity index (χ4n) is 2.17. The summed E-state index contributed by atoms with van der Waals surface area (Å²) in [5, 5.41) is 0.419. The number of ether oxygens (including phenoxy) is 1. The van der Waals surface area contributed by atoms with Crippen molar-refractivity contribution >= 4 is 40.6 Å². The van der Waals surface area contributed by atoms with Gasteiger partial charge < -0.3 is 10.5 Å². The summed E-state index contributed by atoms with van der Waals surface area (Å²) in [6.07, 6.45) is 0. The zero-order valence-corrected chi connectivity index (χ0v) is 14.2. The summed E-state index contributed by atoms with van der Waals surface area (Å²) in [5.41, 5.74) is 8.24. The zero-order valence-electron chi connectivity index (χ0n) is 12.7. The molecule has 0 aliphatic rings. The van der Waals surface area contributed by atoms with Crippen molar-refractivity contribution in [2.75, 3.05) is 12.3 Å². The van der Waals surface area contributed by atoms with Crippen LogP contribution in [0.2, 0.25) is 10.0 Å². The van der Waals surface area contributed by atoms with Gasteiger partial charge in [-0.25, -0.2) is 4.79 Å². The molecule has 0 aliphatic heterocycles. The first-order valence-electron chi connectivity index (χ1n) is 6.81. The Morgan fingerprint density at radius 3 is 2.43 bits per heavy atom. The van der Waals surface area contributed by atoms with E-state index >= 15 is 0 Å². The topological polar surface area (TPSA) is 69.4 Å². The van der Waals surface area contributed by atoms with Gasteiger partial charge >= 0.3 is 5.97 Å². The first-order valence-corrected chi connectivity index (χ1v) is 7.57. The monoisotopic (exact) mass is 351 g/mol. The summed E-state index contributed by atoms with van der Waals surface area (Å²) in [6, 6.07) is 8.22. The van der Waals surface area contributed by atoms with E-state index in [1.165, 1.54) is 12.1 Å². The van der Waals surface area contributed by atoms with Gasteiger partial charge in [0.25, 0.3) is 0 Å². The minimum Gasteiger partial charge on any atom is -0.454 e. The molecule has 0 saturated carbocycles. The third-order valence-corrected chi connectivity index (χ3v) is 3.86. The normalized spacial score (nSPS) is 10.4. The van der Waals surface area contributed by atoms with E-state index in [1.54, 1.807) is 6.07 Å². The molecule has 6 heteroatoms. The summed E-state index contributed by atoms with van der Waals surface area (Å²) in [4.78, 5) is 24.2. The number of hydrogen-bond donors (Lipinski definition) is 1. The van der Waals surface area contributed by atoms with Gasteiger partial charge in [0.15, 0.2) is 6.61 Å². The molecular weight excluding hydrogens is 337 g/mol. The highest BCUT2D eigenvalue weighted by Gasteiger charge is 2.17. The summed E-state index contributed by atoms with van der Waals surface area (Å²) in [5.74, 6) is -1.03. The van der Waals surface area contributed by atoms with Crippen molar-refractivity contribution in [2.24, 2.45) is 0 Å². The first-order chi connectivity index (χ1) is 10.8. The van der Waals surface area contributed by atoms with Gasteiger partial charge in [0, 0.05) is 10.6 Å². The Kier molecular flexibility index (Phi) is 5.29. The number of nitrogen functional groups attached to an aromatic ring is 1. The maximum Gasteiger partial charge on any atom is 0.340 e. The van der Waals surface area contributed by atoms with E-state index in [2.05, 4.69) is 0 Å². The maximum absolute atomic E-state index is 12.2. The van der Waals surface area contributed by atoms with Gasteiger partial charge in [-0.05, 0) is 31.5 Å². The van der Waals surface area contributed by atoms with Gasteiger partial charge in [-0.1, -0.05) is 47.0 Å². The number of benzene rings is 2. The van der Waals surface area contributed by atoms with Crippen molar-refractivity contribution < 1.29 is 14.3 Å². The Hall–Kier alpha value is -2.04. The molecule has 2 N–H and O–H groups in total. The predicted octanol–water partition coefficient (Wildman–Crippen LogP) is 4.23. The Balaban J connectivity index is 2.11. The van der Waals surface area contributed by atoms with Crippen LogP contribution in [0.25, 0.3) is 0 Å². The fraction of sp³-hybridized carbons (Fsp3) is 0.176. The second-order valence-corrected chi connectivity index (χ2v) is 6.01. The van der Waals surface area contributed by atoms with Crippen LogP contribution >= 0.6 is 23.2 Å². The Bertz CT molecular complexity index is 788. The fourth-order valence-corrected chi connectivity index (χ4v) is 2.66. The van der Waals surface area contributed by atoms with Crippen LogP contribution in [-0.2, 0) is 4.74 Å². The third-order valence-electron chi connectivity index (χ3n) is 3.33. The minimum absolute atomic E-state index is 0.0379. The number of carbonyl (C=O) groups excluding carboxylic acids is 2. The lowest BCUT2D eigenvalue weighted by Gasteiger charge is -2.09. The van der Waals surface area contributed by atoms with Gasteiger partial charge in [-0.2, -0.15) is 0 Å². The van der Waals surface area contributed by atoms with E-state index in [0.717, 1.165) is 11.1 Å². The molecule has 0 fully saturated rings. The predicted molar refractivity (Wildman–Crippen MR) is 91.4 cm³/mol. The van der Waals surface area contributed by atoms with Crippen LogP contribution in [-0.4, -0.2) is 18.4 Å². The Labute approximate surface area is 144 Å². The van der Waals surface area contributed by atoms with Crippen molar-refractivity contribution in [1.82, 2.24) is 0 Å². The SMILES string of the molecule is Cc1ccc(C(=O)COC(=O)c2cc(Cl)cc(Cl)c2N)c(C)c1. The molecule has 0 aliphatic carbocycles. The van der Waals surface area contributed by atoms with Crippen LogP contribution in [0.1, 0.15) is 31.8 Å². The number of nitrogens with two attached hydrogens (primary N) is 1. The largest absolute Gasteiger partial charge is 0.454 e. The summed E-state index contributed by atoms with van der Waals surface area (Å²) in [7, 11) is 0. The number of carbonyl (C=O) groups is 2. The standard InChI is InChI=1S/C17H15Cl2NO3/c1-9-3-4-12(10(2)5-9)15(21)8-23-17(22)13-6-11(18)7-14(19)16(13)20/h3-7H,8,20H2,1-2H3. The highest BCUT2D eigenvalue weighted by molar-refractivity contribution is 6.37. The maximum atomic E-state index is 12.2. The zero-order chi connectivity index (χ0) is 17.1. The Morgan fingerprint density at radius 2 is 1.78 bits per heavy atom. The van der Waals surface area contributed by atoms with E-state index in [9.17, 15) is 9.59 Å². The summed E-state index contributed by atoms with van der Waals surface area (Å²) in [6.45, 7) is 3.38. The molecule has 0 heterocycles. The second kappa shape index (κ2) is 7.02. The van der Waals surface area contributed by atoms with Crippen molar-refractivity contribution in [3.05, 3.63) is 62.6 Å². The number of esters is 1. The highest BCUT2D eigenvalue weighted by atomic mass is 35.5.